The molecule has 0 unspecified atom stereocenters. The van der Waals surface area contributed by atoms with Crippen LogP contribution in [0.1, 0.15) is 16.7 Å². The highest BCUT2D eigenvalue weighted by Gasteiger charge is 2.35. The summed E-state index contributed by atoms with van der Waals surface area (Å²) in [6, 6.07) is 12.0. The summed E-state index contributed by atoms with van der Waals surface area (Å²) in [5.41, 5.74) is 1.53. The Bertz CT molecular complexity index is 1140. The quantitative estimate of drug-likeness (QED) is 0.563. The molecule has 31 heavy (non-hydrogen) atoms. The smallest absolute Gasteiger partial charge is 0.341 e. The number of rotatable bonds is 7. The number of ether oxygens (including phenoxy) is 2. The van der Waals surface area contributed by atoms with Crippen LogP contribution in [-0.2, 0) is 16.1 Å². The number of nitriles is 1. The molecule has 2 aromatic carbocycles. The number of carbonyl (C=O) groups excluding carboxylic acids is 2. The van der Waals surface area contributed by atoms with Gasteiger partial charge in [-0.05, 0) is 63.1 Å². The number of hydrogen-bond acceptors (Lipinski definition) is 7. The summed E-state index contributed by atoms with van der Waals surface area (Å²) in [5, 5.41) is 17.6. The van der Waals surface area contributed by atoms with Gasteiger partial charge in [0.1, 0.15) is 0 Å². The summed E-state index contributed by atoms with van der Waals surface area (Å²) in [6.07, 6.45) is 1.54. The van der Waals surface area contributed by atoms with Crippen LogP contribution in [0.3, 0.4) is 0 Å². The lowest BCUT2D eigenvalue weighted by molar-refractivity contribution is -0.139. The number of halogens is 1. The predicted octanol–water partition coefficient (Wildman–Crippen LogP) is 4.03. The molecule has 1 aliphatic heterocycles. The largest absolute Gasteiger partial charge is 0.493 e. The van der Waals surface area contributed by atoms with Gasteiger partial charge in [-0.25, -0.2) is 4.79 Å². The highest BCUT2D eigenvalue weighted by atomic mass is 79.9. The van der Waals surface area contributed by atoms with Gasteiger partial charge in [0.2, 0.25) is 0 Å². The molecule has 3 rings (SSSR count). The summed E-state index contributed by atoms with van der Waals surface area (Å²) in [7, 11) is 1.40. The summed E-state index contributed by atoms with van der Waals surface area (Å²) in [6.45, 7) is -0.544. The van der Waals surface area contributed by atoms with Gasteiger partial charge in [-0.2, -0.15) is 5.26 Å². The van der Waals surface area contributed by atoms with Crippen LogP contribution in [0, 0.1) is 11.3 Å². The fourth-order valence-corrected chi connectivity index (χ4v) is 4.23. The van der Waals surface area contributed by atoms with E-state index in [4.69, 9.17) is 14.6 Å². The number of nitrogens with zero attached hydrogens (tertiary/aromatic N) is 2. The van der Waals surface area contributed by atoms with Crippen molar-refractivity contribution in [2.45, 2.75) is 6.54 Å². The van der Waals surface area contributed by atoms with Crippen LogP contribution in [0.5, 0.6) is 11.5 Å². The first-order valence-corrected chi connectivity index (χ1v) is 10.4. The molecule has 0 bridgehead atoms. The van der Waals surface area contributed by atoms with Gasteiger partial charge in [0, 0.05) is 0 Å². The molecule has 158 valence electrons. The first-order chi connectivity index (χ1) is 14.8. The molecule has 0 aliphatic carbocycles. The van der Waals surface area contributed by atoms with E-state index in [1.807, 2.05) is 0 Å². The maximum absolute atomic E-state index is 12.8. The van der Waals surface area contributed by atoms with Crippen molar-refractivity contribution in [2.24, 2.45) is 0 Å². The van der Waals surface area contributed by atoms with Gasteiger partial charge >= 0.3 is 5.97 Å². The first kappa shape index (κ1) is 22.4. The van der Waals surface area contributed by atoms with Crippen molar-refractivity contribution < 1.29 is 29.0 Å². The van der Waals surface area contributed by atoms with Crippen molar-refractivity contribution in [3.63, 3.8) is 0 Å². The minimum absolute atomic E-state index is 0.000716. The molecule has 1 N–H and O–H groups in total. The Morgan fingerprint density at radius 1 is 1.32 bits per heavy atom. The van der Waals surface area contributed by atoms with Gasteiger partial charge < -0.3 is 14.6 Å². The van der Waals surface area contributed by atoms with Gasteiger partial charge in [0.15, 0.2) is 18.1 Å². The van der Waals surface area contributed by atoms with Crippen LogP contribution in [0.25, 0.3) is 6.08 Å². The van der Waals surface area contributed by atoms with Crippen molar-refractivity contribution in [1.29, 1.82) is 5.26 Å². The lowest BCUT2D eigenvalue weighted by Gasteiger charge is -2.13. The summed E-state index contributed by atoms with van der Waals surface area (Å²) in [4.78, 5) is 37.3. The van der Waals surface area contributed by atoms with Crippen LogP contribution in [0.4, 0.5) is 4.79 Å². The van der Waals surface area contributed by atoms with E-state index in [0.717, 1.165) is 16.7 Å². The van der Waals surface area contributed by atoms with Gasteiger partial charge in [-0.1, -0.05) is 18.2 Å². The molecule has 0 spiro atoms. The molecule has 1 heterocycles. The lowest BCUT2D eigenvalue weighted by Crippen LogP contribution is -2.27. The maximum Gasteiger partial charge on any atom is 0.341 e. The van der Waals surface area contributed by atoms with Gasteiger partial charge in [-0.3, -0.25) is 14.5 Å². The van der Waals surface area contributed by atoms with E-state index in [9.17, 15) is 19.6 Å². The zero-order chi connectivity index (χ0) is 22.5. The predicted molar refractivity (Wildman–Crippen MR) is 116 cm³/mol. The third-order valence-electron chi connectivity index (χ3n) is 4.23. The molecule has 2 aromatic rings. The second-order valence-corrected chi connectivity index (χ2v) is 8.10. The SMILES string of the molecule is COc1cc(/C=C2/SC(=O)N(Cc3ccccc3C#N)C2=O)cc(Br)c1OCC(=O)O. The Balaban J connectivity index is 1.86. The second kappa shape index (κ2) is 9.68. The standard InChI is InChI=1S/C21H15BrN2O6S/c1-29-16-7-12(6-15(22)19(16)30-11-18(25)26)8-17-20(27)24(21(28)31-17)10-14-5-3-2-4-13(14)9-23/h2-8H,10-11H2,1H3,(H,25,26)/b17-8+. The van der Waals surface area contributed by atoms with Crippen molar-refractivity contribution in [2.75, 3.05) is 13.7 Å². The third-order valence-corrected chi connectivity index (χ3v) is 5.73. The molecular weight excluding hydrogens is 488 g/mol. The number of benzene rings is 2. The van der Waals surface area contributed by atoms with E-state index in [2.05, 4.69) is 22.0 Å². The van der Waals surface area contributed by atoms with E-state index in [1.165, 1.54) is 13.2 Å². The molecule has 0 atom stereocenters. The molecule has 8 nitrogen and oxygen atoms in total. The second-order valence-electron chi connectivity index (χ2n) is 6.25. The maximum atomic E-state index is 12.8. The molecule has 1 aliphatic rings. The zero-order valence-corrected chi connectivity index (χ0v) is 18.5. The number of imide groups is 1. The monoisotopic (exact) mass is 502 g/mol. The number of thioether (sulfide) groups is 1. The lowest BCUT2D eigenvalue weighted by atomic mass is 10.1. The van der Waals surface area contributed by atoms with E-state index in [0.29, 0.717) is 21.2 Å². The topological polar surface area (TPSA) is 117 Å². The summed E-state index contributed by atoms with van der Waals surface area (Å²) < 4.78 is 10.9. The third kappa shape index (κ3) is 5.07. The van der Waals surface area contributed by atoms with Crippen molar-refractivity contribution in [3.8, 4) is 17.6 Å². The van der Waals surface area contributed by atoms with E-state index in [-0.39, 0.29) is 22.9 Å². The Morgan fingerprint density at radius 3 is 2.74 bits per heavy atom. The highest BCUT2D eigenvalue weighted by molar-refractivity contribution is 9.10. The number of carboxylic acids is 1. The van der Waals surface area contributed by atoms with E-state index in [1.54, 1.807) is 36.4 Å². The average Bonchev–Trinajstić information content (AvgIpc) is 3.00. The Kier molecular flexibility index (Phi) is 6.99. The zero-order valence-electron chi connectivity index (χ0n) is 16.1. The Hall–Kier alpha value is -3.29. The fourth-order valence-electron chi connectivity index (χ4n) is 2.82. The molecule has 10 heteroatoms. The Morgan fingerprint density at radius 2 is 2.06 bits per heavy atom. The molecule has 0 aromatic heterocycles. The van der Waals surface area contributed by atoms with Crippen LogP contribution in [0.2, 0.25) is 0 Å². The summed E-state index contributed by atoms with van der Waals surface area (Å²) in [5.74, 6) is -1.12. The molecule has 1 saturated heterocycles. The van der Waals surface area contributed by atoms with Crippen molar-refractivity contribution in [1.82, 2.24) is 4.90 Å². The van der Waals surface area contributed by atoms with Crippen LogP contribution >= 0.6 is 27.7 Å². The molecule has 0 radical (unpaired) electrons. The fraction of sp³-hybridized carbons (Fsp3) is 0.143. The number of aliphatic carboxylic acids is 1. The number of methoxy groups -OCH3 is 1. The first-order valence-electron chi connectivity index (χ1n) is 8.79. The van der Waals surface area contributed by atoms with Gasteiger partial charge in [0.25, 0.3) is 11.1 Å². The average molecular weight is 503 g/mol. The van der Waals surface area contributed by atoms with Crippen molar-refractivity contribution in [3.05, 3.63) is 62.5 Å². The van der Waals surface area contributed by atoms with Crippen molar-refractivity contribution >= 4 is 50.9 Å². The number of carbonyl (C=O) groups is 3. The molecular formula is C21H15BrN2O6S. The molecule has 1 fully saturated rings. The minimum Gasteiger partial charge on any atom is -0.493 e. The number of carboxylic acid groups (broad SMARTS) is 1. The van der Waals surface area contributed by atoms with Crippen LogP contribution in [0.15, 0.2) is 45.8 Å². The number of amides is 2. The van der Waals surface area contributed by atoms with E-state index >= 15 is 0 Å². The normalized spacial score (nSPS) is 14.6. The Labute approximate surface area is 190 Å². The van der Waals surface area contributed by atoms with Crippen LogP contribution < -0.4 is 9.47 Å². The van der Waals surface area contributed by atoms with Gasteiger partial charge in [-0.15, -0.1) is 0 Å². The van der Waals surface area contributed by atoms with Gasteiger partial charge in [0.05, 0.1) is 34.7 Å². The summed E-state index contributed by atoms with van der Waals surface area (Å²) >= 11 is 4.11. The van der Waals surface area contributed by atoms with E-state index < -0.39 is 23.7 Å². The molecule has 2 amide bonds. The minimum atomic E-state index is -1.13. The number of hydrogen-bond donors (Lipinski definition) is 1. The molecule has 0 saturated carbocycles. The highest BCUT2D eigenvalue weighted by Crippen LogP contribution is 2.39. The van der Waals surface area contributed by atoms with Crippen LogP contribution in [-0.4, -0.2) is 40.8 Å².